The van der Waals surface area contributed by atoms with Gasteiger partial charge >= 0.3 is 6.09 Å². The highest BCUT2D eigenvalue weighted by molar-refractivity contribution is 7.14. The summed E-state index contributed by atoms with van der Waals surface area (Å²) in [4.78, 5) is 42.4. The molecule has 0 spiro atoms. The van der Waals surface area contributed by atoms with Crippen LogP contribution in [0.2, 0.25) is 0 Å². The Morgan fingerprint density at radius 2 is 2.07 bits per heavy atom. The quantitative estimate of drug-likeness (QED) is 0.564. The molecule has 0 saturated carbocycles. The Bertz CT molecular complexity index is 894. The number of carbonyl (C=O) groups is 2. The van der Waals surface area contributed by atoms with Crippen LogP contribution in [0.4, 0.5) is 15.6 Å². The standard InChI is InChI=1S/C18H21N5O5S/c1-2-28-18(25)22-8-6-21(7-9-22)11-16(24)20-17-19-15(12-29-17)13-4-3-5-14(10-13)23(26)27/h3-5,10,12H,2,6-9,11H2,1H3,(H,19,20,24). The maximum absolute atomic E-state index is 12.3. The third kappa shape index (κ3) is 5.48. The molecule has 0 radical (unpaired) electrons. The van der Waals surface area contributed by atoms with Crippen LogP contribution < -0.4 is 5.32 Å². The van der Waals surface area contributed by atoms with Gasteiger partial charge in [-0.2, -0.15) is 0 Å². The molecule has 0 unspecified atom stereocenters. The number of ether oxygens (including phenoxy) is 1. The Hall–Kier alpha value is -3.05. The van der Waals surface area contributed by atoms with Crippen molar-refractivity contribution in [1.82, 2.24) is 14.8 Å². The average Bonchev–Trinajstić information content (AvgIpc) is 3.17. The molecule has 1 aliphatic rings. The van der Waals surface area contributed by atoms with Crippen molar-refractivity contribution in [3.05, 3.63) is 39.8 Å². The van der Waals surface area contributed by atoms with Gasteiger partial charge in [-0.3, -0.25) is 19.8 Å². The van der Waals surface area contributed by atoms with Gasteiger partial charge in [-0.05, 0) is 6.92 Å². The Morgan fingerprint density at radius 3 is 2.76 bits per heavy atom. The SMILES string of the molecule is CCOC(=O)N1CCN(CC(=O)Nc2nc(-c3cccc([N+](=O)[O-])c3)cs2)CC1. The molecule has 2 aromatic rings. The number of nitrogens with zero attached hydrogens (tertiary/aromatic N) is 4. The number of benzene rings is 1. The minimum atomic E-state index is -0.458. The van der Waals surface area contributed by atoms with Crippen molar-refractivity contribution in [2.24, 2.45) is 0 Å². The fourth-order valence-corrected chi connectivity index (χ4v) is 3.64. The molecule has 1 aromatic heterocycles. The maximum Gasteiger partial charge on any atom is 0.409 e. The van der Waals surface area contributed by atoms with Crippen LogP contribution in [0.25, 0.3) is 11.3 Å². The summed E-state index contributed by atoms with van der Waals surface area (Å²) >= 11 is 1.26. The minimum Gasteiger partial charge on any atom is -0.450 e. The molecule has 2 heterocycles. The summed E-state index contributed by atoms with van der Waals surface area (Å²) in [6, 6.07) is 6.20. The number of thiazole rings is 1. The van der Waals surface area contributed by atoms with Gasteiger partial charge in [0.1, 0.15) is 0 Å². The first-order chi connectivity index (χ1) is 14.0. The fourth-order valence-electron chi connectivity index (χ4n) is 2.91. The molecule has 1 fully saturated rings. The number of rotatable bonds is 6. The van der Waals surface area contributed by atoms with E-state index in [9.17, 15) is 19.7 Å². The second-order valence-corrected chi connectivity index (χ2v) is 7.21. The number of nitrogens with one attached hydrogen (secondary N) is 1. The Balaban J connectivity index is 1.52. The van der Waals surface area contributed by atoms with E-state index in [1.165, 1.54) is 23.5 Å². The van der Waals surface area contributed by atoms with Crippen molar-refractivity contribution in [3.63, 3.8) is 0 Å². The molecule has 3 rings (SSSR count). The lowest BCUT2D eigenvalue weighted by Crippen LogP contribution is -2.50. The molecule has 0 atom stereocenters. The number of nitro benzene ring substituents is 1. The number of hydrogen-bond acceptors (Lipinski definition) is 8. The smallest absolute Gasteiger partial charge is 0.409 e. The first kappa shape index (κ1) is 20.7. The van der Waals surface area contributed by atoms with Crippen molar-refractivity contribution >= 4 is 34.2 Å². The van der Waals surface area contributed by atoms with Crippen LogP contribution in [-0.2, 0) is 9.53 Å². The van der Waals surface area contributed by atoms with Crippen molar-refractivity contribution in [2.45, 2.75) is 6.92 Å². The number of aromatic nitrogens is 1. The van der Waals surface area contributed by atoms with Gasteiger partial charge in [0.15, 0.2) is 5.13 Å². The molecule has 1 N–H and O–H groups in total. The fraction of sp³-hybridized carbons (Fsp3) is 0.389. The number of amides is 2. The maximum atomic E-state index is 12.3. The lowest BCUT2D eigenvalue weighted by Gasteiger charge is -2.33. The molecular weight excluding hydrogens is 398 g/mol. The molecule has 1 aliphatic heterocycles. The number of carbonyl (C=O) groups excluding carboxylic acids is 2. The van der Waals surface area contributed by atoms with E-state index in [1.54, 1.807) is 29.3 Å². The summed E-state index contributed by atoms with van der Waals surface area (Å²) < 4.78 is 4.98. The average molecular weight is 419 g/mol. The van der Waals surface area contributed by atoms with Crippen molar-refractivity contribution in [3.8, 4) is 11.3 Å². The van der Waals surface area contributed by atoms with Crippen molar-refractivity contribution in [2.75, 3.05) is 44.6 Å². The summed E-state index contributed by atoms with van der Waals surface area (Å²) in [6.07, 6.45) is -0.326. The predicted octanol–water partition coefficient (Wildman–Crippen LogP) is 2.43. The third-order valence-electron chi connectivity index (χ3n) is 4.37. The molecule has 1 aromatic carbocycles. The minimum absolute atomic E-state index is 0.0111. The van der Waals surface area contributed by atoms with E-state index in [2.05, 4.69) is 10.3 Å². The van der Waals surface area contributed by atoms with Crippen LogP contribution >= 0.6 is 11.3 Å². The van der Waals surface area contributed by atoms with Gasteiger partial charge in [-0.15, -0.1) is 11.3 Å². The van der Waals surface area contributed by atoms with E-state index in [-0.39, 0.29) is 24.2 Å². The van der Waals surface area contributed by atoms with Gasteiger partial charge in [-0.1, -0.05) is 12.1 Å². The first-order valence-electron chi connectivity index (χ1n) is 9.10. The molecule has 11 heteroatoms. The van der Waals surface area contributed by atoms with Crippen LogP contribution in [0.1, 0.15) is 6.92 Å². The van der Waals surface area contributed by atoms with E-state index < -0.39 is 4.92 Å². The third-order valence-corrected chi connectivity index (χ3v) is 5.13. The highest BCUT2D eigenvalue weighted by Crippen LogP contribution is 2.27. The molecule has 154 valence electrons. The molecule has 2 amide bonds. The highest BCUT2D eigenvalue weighted by atomic mass is 32.1. The predicted molar refractivity (Wildman–Crippen MR) is 108 cm³/mol. The monoisotopic (exact) mass is 419 g/mol. The zero-order valence-electron chi connectivity index (χ0n) is 15.9. The van der Waals surface area contributed by atoms with Gasteiger partial charge in [0.25, 0.3) is 5.69 Å². The van der Waals surface area contributed by atoms with E-state index in [1.807, 2.05) is 4.90 Å². The zero-order valence-corrected chi connectivity index (χ0v) is 16.7. The van der Waals surface area contributed by atoms with Crippen LogP contribution in [0.5, 0.6) is 0 Å². The molecular formula is C18H21N5O5S. The van der Waals surface area contributed by atoms with Crippen LogP contribution in [0.15, 0.2) is 29.6 Å². The summed E-state index contributed by atoms with van der Waals surface area (Å²) in [7, 11) is 0. The molecule has 10 nitrogen and oxygen atoms in total. The number of nitro groups is 1. The Morgan fingerprint density at radius 1 is 1.31 bits per heavy atom. The summed E-state index contributed by atoms with van der Waals surface area (Å²) in [5.74, 6) is -0.200. The van der Waals surface area contributed by atoms with E-state index in [4.69, 9.17) is 4.74 Å². The van der Waals surface area contributed by atoms with Gasteiger partial charge in [0.05, 0.1) is 23.8 Å². The topological polar surface area (TPSA) is 118 Å². The van der Waals surface area contributed by atoms with E-state index in [0.29, 0.717) is 49.2 Å². The van der Waals surface area contributed by atoms with Crippen LogP contribution in [0.3, 0.4) is 0 Å². The van der Waals surface area contributed by atoms with Gasteiger partial charge in [0.2, 0.25) is 5.91 Å². The lowest BCUT2D eigenvalue weighted by atomic mass is 10.1. The van der Waals surface area contributed by atoms with E-state index in [0.717, 1.165) is 0 Å². The summed E-state index contributed by atoms with van der Waals surface area (Å²) in [6.45, 7) is 4.50. The zero-order chi connectivity index (χ0) is 20.8. The number of non-ortho nitro benzene ring substituents is 1. The second kappa shape index (κ2) is 9.43. The van der Waals surface area contributed by atoms with Crippen LogP contribution in [0, 0.1) is 10.1 Å². The summed E-state index contributed by atoms with van der Waals surface area (Å²) in [5, 5.41) is 15.8. The molecule has 29 heavy (non-hydrogen) atoms. The number of anilines is 1. The molecule has 0 aliphatic carbocycles. The van der Waals surface area contributed by atoms with Crippen molar-refractivity contribution < 1.29 is 19.2 Å². The van der Waals surface area contributed by atoms with Crippen molar-refractivity contribution in [1.29, 1.82) is 0 Å². The Kier molecular flexibility index (Phi) is 6.73. The van der Waals surface area contributed by atoms with Gasteiger partial charge in [0, 0.05) is 49.3 Å². The number of hydrogen-bond donors (Lipinski definition) is 1. The first-order valence-corrected chi connectivity index (χ1v) is 9.98. The number of piperazine rings is 1. The van der Waals surface area contributed by atoms with E-state index >= 15 is 0 Å². The largest absolute Gasteiger partial charge is 0.450 e. The Labute approximate surface area is 171 Å². The van der Waals surface area contributed by atoms with Gasteiger partial charge in [-0.25, -0.2) is 9.78 Å². The normalized spacial score (nSPS) is 14.4. The van der Waals surface area contributed by atoms with Gasteiger partial charge < -0.3 is 15.0 Å². The highest BCUT2D eigenvalue weighted by Gasteiger charge is 2.23. The lowest BCUT2D eigenvalue weighted by molar-refractivity contribution is -0.384. The van der Waals surface area contributed by atoms with Crippen LogP contribution in [-0.4, -0.2) is 71.0 Å². The molecule has 1 saturated heterocycles. The summed E-state index contributed by atoms with van der Waals surface area (Å²) in [5.41, 5.74) is 1.17. The molecule has 0 bridgehead atoms. The second-order valence-electron chi connectivity index (χ2n) is 6.36.